The maximum atomic E-state index is 8.81. The molecule has 104 valence electrons. The predicted octanol–water partition coefficient (Wildman–Crippen LogP) is 0.892. The molecule has 0 radical (unpaired) electrons. The number of ether oxygens (including phenoxy) is 3. The molecule has 0 aliphatic carbocycles. The Morgan fingerprint density at radius 2 is 1.65 bits per heavy atom. The summed E-state index contributed by atoms with van der Waals surface area (Å²) >= 11 is 0. The van der Waals surface area contributed by atoms with Gasteiger partial charge in [0.25, 0.3) is 0 Å². The van der Waals surface area contributed by atoms with Crippen molar-refractivity contribution in [3.8, 4) is 0 Å². The first-order valence-corrected chi connectivity index (χ1v) is 5.99. The minimum atomic E-state index is -0.767. The summed E-state index contributed by atoms with van der Waals surface area (Å²) in [4.78, 5) is 0. The van der Waals surface area contributed by atoms with E-state index in [2.05, 4.69) is 0 Å². The van der Waals surface area contributed by atoms with Gasteiger partial charge in [0.15, 0.2) is 0 Å². The fraction of sp³-hybridized carbons (Fsp3) is 1.00. The van der Waals surface area contributed by atoms with E-state index in [0.717, 1.165) is 6.42 Å². The van der Waals surface area contributed by atoms with E-state index in [-0.39, 0.29) is 12.2 Å². The maximum absolute atomic E-state index is 8.81. The van der Waals surface area contributed by atoms with Gasteiger partial charge in [-0.25, -0.2) is 0 Å². The molecule has 0 aromatic heterocycles. The summed E-state index contributed by atoms with van der Waals surface area (Å²) in [5.41, 5.74) is 4.81. The van der Waals surface area contributed by atoms with Crippen LogP contribution in [0.15, 0.2) is 0 Å². The minimum absolute atomic E-state index is 0.0285. The Balaban J connectivity index is 3.77. The second kappa shape index (κ2) is 8.00. The number of nitrogens with two attached hydrogens (primary N) is 1. The Morgan fingerprint density at radius 1 is 1.00 bits per heavy atom. The van der Waals surface area contributed by atoms with E-state index in [9.17, 15) is 0 Å². The van der Waals surface area contributed by atoms with Crippen LogP contribution in [0.3, 0.4) is 0 Å². The first kappa shape index (κ1) is 16.8. The number of hydrogen-bond acceptors (Lipinski definition) is 5. The van der Waals surface area contributed by atoms with Gasteiger partial charge in [-0.2, -0.15) is 0 Å². The zero-order chi connectivity index (χ0) is 13.4. The smallest absolute Gasteiger partial charge is 0.116 e. The zero-order valence-corrected chi connectivity index (χ0v) is 11.5. The van der Waals surface area contributed by atoms with Gasteiger partial charge in [0.1, 0.15) is 5.72 Å². The molecule has 5 heteroatoms. The van der Waals surface area contributed by atoms with E-state index in [1.807, 2.05) is 13.8 Å². The predicted molar refractivity (Wildman–Crippen MR) is 66.8 cm³/mol. The standard InChI is InChI=1S/C12H27NO4/c1-11(2,16-10-9-15-4)6-8-17-12(3,13)5-7-14/h14H,5-10,13H2,1-4H3. The minimum Gasteiger partial charge on any atom is -0.396 e. The molecule has 1 unspecified atom stereocenters. The summed E-state index contributed by atoms with van der Waals surface area (Å²) in [5.74, 6) is 0. The second-order valence-electron chi connectivity index (χ2n) is 4.99. The quantitative estimate of drug-likeness (QED) is 0.444. The third-order valence-electron chi connectivity index (χ3n) is 2.52. The lowest BCUT2D eigenvalue weighted by molar-refractivity contribution is -0.0885. The third-order valence-corrected chi connectivity index (χ3v) is 2.52. The van der Waals surface area contributed by atoms with Gasteiger partial charge in [-0.3, -0.25) is 0 Å². The highest BCUT2D eigenvalue weighted by atomic mass is 16.5. The molecule has 3 N–H and O–H groups in total. The molecule has 0 spiro atoms. The highest BCUT2D eigenvalue weighted by Crippen LogP contribution is 2.16. The van der Waals surface area contributed by atoms with Crippen LogP contribution in [0.4, 0.5) is 0 Å². The van der Waals surface area contributed by atoms with Crippen molar-refractivity contribution in [1.82, 2.24) is 0 Å². The Labute approximate surface area is 104 Å². The summed E-state index contributed by atoms with van der Waals surface area (Å²) in [6.07, 6.45) is 1.17. The normalized spacial score (nSPS) is 15.9. The van der Waals surface area contributed by atoms with Gasteiger partial charge in [0.05, 0.1) is 25.4 Å². The molecule has 0 aliphatic heterocycles. The van der Waals surface area contributed by atoms with Crippen LogP contribution in [0.5, 0.6) is 0 Å². The summed E-state index contributed by atoms with van der Waals surface area (Å²) in [6, 6.07) is 0. The van der Waals surface area contributed by atoms with Crippen LogP contribution in [0.2, 0.25) is 0 Å². The highest BCUT2D eigenvalue weighted by molar-refractivity contribution is 4.71. The second-order valence-corrected chi connectivity index (χ2v) is 4.99. The van der Waals surface area contributed by atoms with Gasteiger partial charge < -0.3 is 25.1 Å². The molecule has 0 saturated heterocycles. The average molecular weight is 249 g/mol. The number of rotatable bonds is 10. The largest absolute Gasteiger partial charge is 0.396 e. The molecular formula is C12H27NO4. The van der Waals surface area contributed by atoms with E-state index in [1.54, 1.807) is 14.0 Å². The molecule has 0 amide bonds. The Kier molecular flexibility index (Phi) is 7.91. The molecule has 0 aliphatic rings. The Bertz CT molecular complexity index is 195. The average Bonchev–Trinajstić information content (AvgIpc) is 2.16. The van der Waals surface area contributed by atoms with E-state index in [4.69, 9.17) is 25.1 Å². The summed E-state index contributed by atoms with van der Waals surface area (Å²) in [5, 5.41) is 8.81. The van der Waals surface area contributed by atoms with Gasteiger partial charge in [0.2, 0.25) is 0 Å². The lowest BCUT2D eigenvalue weighted by Gasteiger charge is -2.29. The van der Waals surface area contributed by atoms with Crippen molar-refractivity contribution in [3.63, 3.8) is 0 Å². The van der Waals surface area contributed by atoms with Crippen molar-refractivity contribution in [2.24, 2.45) is 5.73 Å². The SMILES string of the molecule is COCCOC(C)(C)CCOC(C)(N)CCO. The van der Waals surface area contributed by atoms with Gasteiger partial charge in [-0.15, -0.1) is 0 Å². The summed E-state index contributed by atoms with van der Waals surface area (Å²) in [6.45, 7) is 7.47. The molecule has 0 fully saturated rings. The fourth-order valence-electron chi connectivity index (χ4n) is 1.30. The van der Waals surface area contributed by atoms with Crippen molar-refractivity contribution in [2.75, 3.05) is 33.5 Å². The molecule has 17 heavy (non-hydrogen) atoms. The van der Waals surface area contributed by atoms with Crippen LogP contribution in [0.1, 0.15) is 33.6 Å². The fourth-order valence-corrected chi connectivity index (χ4v) is 1.30. The lowest BCUT2D eigenvalue weighted by atomic mass is 10.1. The molecular weight excluding hydrogens is 222 g/mol. The van der Waals surface area contributed by atoms with Crippen LogP contribution in [0, 0.1) is 0 Å². The maximum Gasteiger partial charge on any atom is 0.116 e. The topological polar surface area (TPSA) is 73.9 Å². The van der Waals surface area contributed by atoms with Crippen LogP contribution in [-0.2, 0) is 14.2 Å². The zero-order valence-electron chi connectivity index (χ0n) is 11.5. The number of methoxy groups -OCH3 is 1. The van der Waals surface area contributed by atoms with E-state index in [0.29, 0.717) is 26.2 Å². The van der Waals surface area contributed by atoms with E-state index >= 15 is 0 Å². The third kappa shape index (κ3) is 9.50. The summed E-state index contributed by atoms with van der Waals surface area (Å²) < 4.78 is 16.1. The summed E-state index contributed by atoms with van der Waals surface area (Å²) in [7, 11) is 1.65. The molecule has 0 rings (SSSR count). The molecule has 5 nitrogen and oxygen atoms in total. The molecule has 0 aromatic carbocycles. The van der Waals surface area contributed by atoms with E-state index < -0.39 is 5.72 Å². The van der Waals surface area contributed by atoms with Gasteiger partial charge >= 0.3 is 0 Å². The van der Waals surface area contributed by atoms with Crippen LogP contribution in [-0.4, -0.2) is 50.0 Å². The molecule has 0 bridgehead atoms. The van der Waals surface area contributed by atoms with Crippen molar-refractivity contribution in [2.45, 2.75) is 44.9 Å². The monoisotopic (exact) mass is 249 g/mol. The number of aliphatic hydroxyl groups is 1. The van der Waals surface area contributed by atoms with Gasteiger partial charge in [-0.1, -0.05) is 0 Å². The first-order chi connectivity index (χ1) is 7.83. The molecule has 0 aromatic rings. The first-order valence-electron chi connectivity index (χ1n) is 5.99. The van der Waals surface area contributed by atoms with Crippen molar-refractivity contribution < 1.29 is 19.3 Å². The van der Waals surface area contributed by atoms with Crippen LogP contribution >= 0.6 is 0 Å². The van der Waals surface area contributed by atoms with Crippen molar-refractivity contribution >= 4 is 0 Å². The van der Waals surface area contributed by atoms with Crippen molar-refractivity contribution in [3.05, 3.63) is 0 Å². The Hall–Kier alpha value is -0.200. The van der Waals surface area contributed by atoms with Gasteiger partial charge in [0, 0.05) is 20.1 Å². The van der Waals surface area contributed by atoms with Crippen LogP contribution < -0.4 is 5.73 Å². The number of hydrogen-bond donors (Lipinski definition) is 2. The molecule has 1 atom stereocenters. The number of aliphatic hydroxyl groups excluding tert-OH is 1. The lowest BCUT2D eigenvalue weighted by Crippen LogP contribution is -2.41. The van der Waals surface area contributed by atoms with E-state index in [1.165, 1.54) is 0 Å². The molecule has 0 saturated carbocycles. The van der Waals surface area contributed by atoms with Gasteiger partial charge in [-0.05, 0) is 27.2 Å². The highest BCUT2D eigenvalue weighted by Gasteiger charge is 2.22. The Morgan fingerprint density at radius 3 is 2.18 bits per heavy atom. The van der Waals surface area contributed by atoms with Crippen LogP contribution in [0.25, 0.3) is 0 Å². The molecule has 0 heterocycles. The van der Waals surface area contributed by atoms with Crippen molar-refractivity contribution in [1.29, 1.82) is 0 Å².